The normalized spacial score (nSPS) is 15.7. The second-order valence-electron chi connectivity index (χ2n) is 6.46. The first-order valence-electron chi connectivity index (χ1n) is 8.92. The summed E-state index contributed by atoms with van der Waals surface area (Å²) >= 11 is 0. The molecule has 6 nitrogen and oxygen atoms in total. The fourth-order valence-electron chi connectivity index (χ4n) is 3.27. The monoisotopic (exact) mass is 371 g/mol. The van der Waals surface area contributed by atoms with Gasteiger partial charge in [-0.15, -0.1) is 0 Å². The van der Waals surface area contributed by atoms with Gasteiger partial charge in [0.15, 0.2) is 0 Å². The van der Waals surface area contributed by atoms with Crippen molar-refractivity contribution >= 4 is 11.8 Å². The fraction of sp³-hybridized carbons (Fsp3) is 0.350. The molecule has 1 aromatic heterocycles. The number of ether oxygens (including phenoxy) is 1. The molecule has 142 valence electrons. The number of rotatable bonds is 6. The van der Waals surface area contributed by atoms with Crippen LogP contribution in [0.3, 0.4) is 0 Å². The minimum absolute atomic E-state index is 0.174. The van der Waals surface area contributed by atoms with E-state index in [-0.39, 0.29) is 30.7 Å². The Bertz CT molecular complexity index is 792. The van der Waals surface area contributed by atoms with E-state index in [1.807, 2.05) is 0 Å². The van der Waals surface area contributed by atoms with Crippen LogP contribution in [0.4, 0.5) is 4.39 Å². The van der Waals surface area contributed by atoms with Gasteiger partial charge in [-0.1, -0.05) is 12.1 Å². The number of amides is 2. The first kappa shape index (κ1) is 19.0. The molecule has 1 aromatic carbocycles. The van der Waals surface area contributed by atoms with Crippen molar-refractivity contribution in [3.8, 4) is 0 Å². The number of hydrogen-bond acceptors (Lipinski definition) is 4. The molecular weight excluding hydrogens is 349 g/mol. The number of aromatic nitrogens is 1. The molecule has 2 heterocycles. The third kappa shape index (κ3) is 4.49. The SMILES string of the molecule is O=C(NCCNC(=O)C1(c2cccc(F)c2)CCOCC1)c1cccnc1. The molecule has 0 atom stereocenters. The molecule has 0 aliphatic carbocycles. The topological polar surface area (TPSA) is 80.3 Å². The summed E-state index contributed by atoms with van der Waals surface area (Å²) < 4.78 is 19.1. The van der Waals surface area contributed by atoms with Crippen LogP contribution in [-0.2, 0) is 14.9 Å². The molecule has 3 rings (SSSR count). The highest BCUT2D eigenvalue weighted by Crippen LogP contribution is 2.35. The lowest BCUT2D eigenvalue weighted by Crippen LogP contribution is -2.49. The lowest BCUT2D eigenvalue weighted by Gasteiger charge is -2.36. The molecule has 0 spiro atoms. The van der Waals surface area contributed by atoms with E-state index in [0.717, 1.165) is 0 Å². The molecule has 2 amide bonds. The van der Waals surface area contributed by atoms with E-state index in [4.69, 9.17) is 4.74 Å². The standard InChI is InChI=1S/C20H22FN3O3/c21-17-5-1-4-16(13-17)20(6-11-27-12-7-20)19(26)24-10-9-23-18(25)15-3-2-8-22-14-15/h1-5,8,13-14H,6-7,9-12H2,(H,23,25)(H,24,26). The van der Waals surface area contributed by atoms with Crippen molar-refractivity contribution in [1.29, 1.82) is 0 Å². The van der Waals surface area contributed by atoms with Gasteiger partial charge >= 0.3 is 0 Å². The summed E-state index contributed by atoms with van der Waals surface area (Å²) in [6.45, 7) is 1.46. The third-order valence-corrected chi connectivity index (χ3v) is 4.78. The number of halogens is 1. The van der Waals surface area contributed by atoms with Crippen molar-refractivity contribution in [2.24, 2.45) is 0 Å². The first-order chi connectivity index (χ1) is 13.1. The maximum atomic E-state index is 13.7. The van der Waals surface area contributed by atoms with Crippen molar-refractivity contribution < 1.29 is 18.7 Å². The third-order valence-electron chi connectivity index (χ3n) is 4.78. The molecule has 0 saturated carbocycles. The molecule has 1 aliphatic rings. The summed E-state index contributed by atoms with van der Waals surface area (Å²) in [5.41, 5.74) is 0.306. The fourth-order valence-corrected chi connectivity index (χ4v) is 3.27. The Morgan fingerprint density at radius 2 is 1.89 bits per heavy atom. The summed E-state index contributed by atoms with van der Waals surface area (Å²) in [5, 5.41) is 5.61. The van der Waals surface area contributed by atoms with Gasteiger partial charge < -0.3 is 15.4 Å². The Labute approximate surface area is 157 Å². The van der Waals surface area contributed by atoms with Gasteiger partial charge in [0, 0.05) is 38.7 Å². The van der Waals surface area contributed by atoms with E-state index in [1.54, 1.807) is 30.5 Å². The molecule has 2 N–H and O–H groups in total. The van der Waals surface area contributed by atoms with E-state index in [2.05, 4.69) is 15.6 Å². The number of benzene rings is 1. The Morgan fingerprint density at radius 1 is 1.11 bits per heavy atom. The van der Waals surface area contributed by atoms with Crippen molar-refractivity contribution in [2.75, 3.05) is 26.3 Å². The average molecular weight is 371 g/mol. The average Bonchev–Trinajstić information content (AvgIpc) is 2.72. The van der Waals surface area contributed by atoms with Crippen LogP contribution in [0.5, 0.6) is 0 Å². The Balaban J connectivity index is 1.59. The van der Waals surface area contributed by atoms with Crippen molar-refractivity contribution in [3.05, 3.63) is 65.7 Å². The van der Waals surface area contributed by atoms with E-state index in [0.29, 0.717) is 37.2 Å². The van der Waals surface area contributed by atoms with Crippen molar-refractivity contribution in [2.45, 2.75) is 18.3 Å². The first-order valence-corrected chi connectivity index (χ1v) is 8.92. The lowest BCUT2D eigenvalue weighted by molar-refractivity contribution is -0.130. The number of nitrogens with one attached hydrogen (secondary N) is 2. The van der Waals surface area contributed by atoms with E-state index < -0.39 is 5.41 Å². The summed E-state index contributed by atoms with van der Waals surface area (Å²) in [5.74, 6) is -0.787. The van der Waals surface area contributed by atoms with Crippen LogP contribution in [0, 0.1) is 5.82 Å². The lowest BCUT2D eigenvalue weighted by atomic mass is 9.73. The second kappa shape index (κ2) is 8.73. The minimum atomic E-state index is -0.812. The second-order valence-corrected chi connectivity index (χ2v) is 6.46. The van der Waals surface area contributed by atoms with Gasteiger partial charge in [-0.2, -0.15) is 0 Å². The zero-order chi connectivity index (χ0) is 19.1. The van der Waals surface area contributed by atoms with Gasteiger partial charge in [0.2, 0.25) is 5.91 Å². The molecule has 0 bridgehead atoms. The van der Waals surface area contributed by atoms with Gasteiger partial charge in [0.1, 0.15) is 5.82 Å². The highest BCUT2D eigenvalue weighted by atomic mass is 19.1. The van der Waals surface area contributed by atoms with Crippen molar-refractivity contribution in [1.82, 2.24) is 15.6 Å². The molecule has 0 unspecified atom stereocenters. The number of nitrogens with zero attached hydrogens (tertiary/aromatic N) is 1. The molecular formula is C20H22FN3O3. The predicted octanol–water partition coefficient (Wildman–Crippen LogP) is 1.82. The number of pyridine rings is 1. The highest BCUT2D eigenvalue weighted by Gasteiger charge is 2.41. The van der Waals surface area contributed by atoms with E-state index in [1.165, 1.54) is 18.3 Å². The van der Waals surface area contributed by atoms with Crippen LogP contribution in [-0.4, -0.2) is 43.1 Å². The van der Waals surface area contributed by atoms with Gasteiger partial charge in [-0.25, -0.2) is 4.39 Å². The summed E-state index contributed by atoms with van der Waals surface area (Å²) in [4.78, 5) is 28.8. The zero-order valence-electron chi connectivity index (χ0n) is 14.9. The number of hydrogen-bond donors (Lipinski definition) is 2. The van der Waals surface area contributed by atoms with Crippen molar-refractivity contribution in [3.63, 3.8) is 0 Å². The Kier molecular flexibility index (Phi) is 6.13. The van der Waals surface area contributed by atoms with E-state index in [9.17, 15) is 14.0 Å². The minimum Gasteiger partial charge on any atom is -0.381 e. The zero-order valence-corrected chi connectivity index (χ0v) is 14.9. The molecule has 1 fully saturated rings. The largest absolute Gasteiger partial charge is 0.381 e. The van der Waals surface area contributed by atoms with Gasteiger partial charge in [0.05, 0.1) is 11.0 Å². The van der Waals surface area contributed by atoms with Crippen LogP contribution < -0.4 is 10.6 Å². The molecule has 1 aliphatic heterocycles. The van der Waals surface area contributed by atoms with Crippen LogP contribution in [0.1, 0.15) is 28.8 Å². The summed E-state index contributed by atoms with van der Waals surface area (Å²) in [6.07, 6.45) is 4.06. The maximum Gasteiger partial charge on any atom is 0.252 e. The predicted molar refractivity (Wildman–Crippen MR) is 97.7 cm³/mol. The van der Waals surface area contributed by atoms with Gasteiger partial charge in [0.25, 0.3) is 5.91 Å². The number of carbonyl (C=O) groups is 2. The van der Waals surface area contributed by atoms with Crippen LogP contribution in [0.2, 0.25) is 0 Å². The Hall–Kier alpha value is -2.80. The molecule has 1 saturated heterocycles. The molecule has 0 radical (unpaired) electrons. The quantitative estimate of drug-likeness (QED) is 0.759. The number of carbonyl (C=O) groups excluding carboxylic acids is 2. The highest BCUT2D eigenvalue weighted by molar-refractivity contribution is 5.93. The molecule has 7 heteroatoms. The molecule has 27 heavy (non-hydrogen) atoms. The molecule has 2 aromatic rings. The van der Waals surface area contributed by atoms with Gasteiger partial charge in [-0.05, 0) is 42.7 Å². The van der Waals surface area contributed by atoms with Crippen LogP contribution in [0.15, 0.2) is 48.8 Å². The van der Waals surface area contributed by atoms with E-state index >= 15 is 0 Å². The summed E-state index contributed by atoms with van der Waals surface area (Å²) in [6, 6.07) is 9.52. The van der Waals surface area contributed by atoms with Crippen LogP contribution >= 0.6 is 0 Å². The maximum absolute atomic E-state index is 13.7. The smallest absolute Gasteiger partial charge is 0.252 e. The van der Waals surface area contributed by atoms with Crippen LogP contribution in [0.25, 0.3) is 0 Å². The van der Waals surface area contributed by atoms with Gasteiger partial charge in [-0.3, -0.25) is 14.6 Å². The Morgan fingerprint density at radius 3 is 2.59 bits per heavy atom. The summed E-state index contributed by atoms with van der Waals surface area (Å²) in [7, 11) is 0.